The Bertz CT molecular complexity index is 646. The maximum atomic E-state index is 13.6. The maximum Gasteiger partial charge on any atom is 0.125 e. The van der Waals surface area contributed by atoms with E-state index in [-0.39, 0.29) is 5.82 Å². The van der Waals surface area contributed by atoms with Gasteiger partial charge in [0.15, 0.2) is 0 Å². The van der Waals surface area contributed by atoms with Gasteiger partial charge in [0, 0.05) is 6.54 Å². The molecule has 1 aromatic carbocycles. The van der Waals surface area contributed by atoms with Crippen LogP contribution in [-0.2, 0) is 5.88 Å². The van der Waals surface area contributed by atoms with Crippen LogP contribution in [-0.4, -0.2) is 34.1 Å². The highest BCUT2D eigenvalue weighted by molar-refractivity contribution is 6.16. The SMILES string of the molecule is Fc1ccc2nc(CCl)n(C3CN4CCC3CC4)c2c1. The normalized spacial score (nSPS) is 29.2. The first kappa shape index (κ1) is 12.6. The van der Waals surface area contributed by atoms with Crippen LogP contribution in [0.15, 0.2) is 18.2 Å². The second kappa shape index (κ2) is 4.71. The van der Waals surface area contributed by atoms with Gasteiger partial charge in [-0.05, 0) is 50.0 Å². The highest BCUT2D eigenvalue weighted by Crippen LogP contribution is 2.38. The third-order valence-corrected chi connectivity index (χ3v) is 5.04. The third kappa shape index (κ3) is 1.85. The molecule has 0 saturated carbocycles. The topological polar surface area (TPSA) is 21.1 Å². The molecule has 3 nitrogen and oxygen atoms in total. The predicted molar refractivity (Wildman–Crippen MR) is 77.4 cm³/mol. The van der Waals surface area contributed by atoms with Gasteiger partial charge in [-0.25, -0.2) is 9.37 Å². The Balaban J connectivity index is 1.87. The molecule has 1 aromatic heterocycles. The number of alkyl halides is 1. The van der Waals surface area contributed by atoms with Crippen molar-refractivity contribution in [3.05, 3.63) is 29.8 Å². The van der Waals surface area contributed by atoms with Gasteiger partial charge in [-0.2, -0.15) is 0 Å². The molecule has 1 unspecified atom stereocenters. The monoisotopic (exact) mass is 293 g/mol. The van der Waals surface area contributed by atoms with Crippen LogP contribution in [0.5, 0.6) is 0 Å². The van der Waals surface area contributed by atoms with Crippen molar-refractivity contribution in [3.8, 4) is 0 Å². The zero-order valence-corrected chi connectivity index (χ0v) is 12.0. The van der Waals surface area contributed by atoms with E-state index in [1.165, 1.54) is 32.0 Å². The van der Waals surface area contributed by atoms with Gasteiger partial charge < -0.3 is 9.47 Å². The number of piperidine rings is 3. The zero-order valence-electron chi connectivity index (χ0n) is 11.2. The van der Waals surface area contributed by atoms with Gasteiger partial charge in [0.1, 0.15) is 11.6 Å². The van der Waals surface area contributed by atoms with Crippen molar-refractivity contribution in [3.63, 3.8) is 0 Å². The number of hydrogen-bond donors (Lipinski definition) is 0. The highest BCUT2D eigenvalue weighted by atomic mass is 35.5. The second-order valence-electron chi connectivity index (χ2n) is 5.87. The lowest BCUT2D eigenvalue weighted by Gasteiger charge is -2.45. The summed E-state index contributed by atoms with van der Waals surface area (Å²) in [4.78, 5) is 7.07. The average molecular weight is 294 g/mol. The minimum atomic E-state index is -0.207. The van der Waals surface area contributed by atoms with Crippen molar-refractivity contribution in [1.29, 1.82) is 0 Å². The summed E-state index contributed by atoms with van der Waals surface area (Å²) >= 11 is 6.07. The quantitative estimate of drug-likeness (QED) is 0.793. The molecule has 0 spiro atoms. The largest absolute Gasteiger partial charge is 0.322 e. The zero-order chi connectivity index (χ0) is 13.7. The van der Waals surface area contributed by atoms with Gasteiger partial charge in [-0.15, -0.1) is 11.6 Å². The molecular weight excluding hydrogens is 277 g/mol. The van der Waals surface area contributed by atoms with Crippen LogP contribution in [0, 0.1) is 11.7 Å². The molecule has 2 bridgehead atoms. The maximum absolute atomic E-state index is 13.6. The first-order valence-electron chi connectivity index (χ1n) is 7.21. The van der Waals surface area contributed by atoms with E-state index < -0.39 is 0 Å². The van der Waals surface area contributed by atoms with E-state index in [2.05, 4.69) is 14.5 Å². The molecule has 2 aromatic rings. The Labute approximate surface area is 122 Å². The lowest BCUT2D eigenvalue weighted by atomic mass is 9.83. The molecule has 1 atom stereocenters. The van der Waals surface area contributed by atoms with Crippen LogP contribution in [0.4, 0.5) is 4.39 Å². The number of nitrogens with zero attached hydrogens (tertiary/aromatic N) is 3. The number of rotatable bonds is 2. The predicted octanol–water partition coefficient (Wildman–Crippen LogP) is 3.18. The first-order chi connectivity index (χ1) is 9.76. The van der Waals surface area contributed by atoms with Gasteiger partial charge in [0.05, 0.1) is 23.0 Å². The van der Waals surface area contributed by atoms with Crippen LogP contribution in [0.2, 0.25) is 0 Å². The molecule has 3 fully saturated rings. The molecule has 3 aliphatic heterocycles. The van der Waals surface area contributed by atoms with Gasteiger partial charge in [-0.3, -0.25) is 0 Å². The molecule has 0 radical (unpaired) electrons. The van der Waals surface area contributed by atoms with Crippen molar-refractivity contribution in [2.75, 3.05) is 19.6 Å². The van der Waals surface area contributed by atoms with Crippen LogP contribution in [0.1, 0.15) is 24.7 Å². The summed E-state index contributed by atoms with van der Waals surface area (Å²) in [6.07, 6.45) is 2.45. The average Bonchev–Trinajstić information content (AvgIpc) is 2.86. The van der Waals surface area contributed by atoms with Crippen molar-refractivity contribution in [1.82, 2.24) is 14.5 Å². The molecule has 0 aliphatic carbocycles. The Morgan fingerprint density at radius 3 is 2.75 bits per heavy atom. The molecule has 20 heavy (non-hydrogen) atoms. The summed E-state index contributed by atoms with van der Waals surface area (Å²) < 4.78 is 15.8. The molecule has 5 heteroatoms. The Morgan fingerprint density at radius 1 is 1.30 bits per heavy atom. The number of imidazole rings is 1. The molecule has 106 valence electrons. The van der Waals surface area contributed by atoms with Crippen molar-refractivity contribution in [2.24, 2.45) is 5.92 Å². The standard InChI is InChI=1S/C15H17ClFN3/c16-8-15-18-12-2-1-11(17)7-13(12)20(15)14-9-19-5-3-10(14)4-6-19/h1-2,7,10,14H,3-6,8-9H2. The molecule has 0 N–H and O–H groups in total. The molecule has 5 rings (SSSR count). The molecule has 0 amide bonds. The number of hydrogen-bond acceptors (Lipinski definition) is 2. The smallest absolute Gasteiger partial charge is 0.125 e. The van der Waals surface area contributed by atoms with Crippen LogP contribution in [0.3, 0.4) is 0 Å². The van der Waals surface area contributed by atoms with E-state index in [1.54, 1.807) is 12.1 Å². The van der Waals surface area contributed by atoms with Crippen molar-refractivity contribution in [2.45, 2.75) is 24.8 Å². The molecule has 3 saturated heterocycles. The van der Waals surface area contributed by atoms with Gasteiger partial charge in [0.25, 0.3) is 0 Å². The van der Waals surface area contributed by atoms with Crippen LogP contribution >= 0.6 is 11.6 Å². The summed E-state index contributed by atoms with van der Waals surface area (Å²) in [5.74, 6) is 1.70. The lowest BCUT2D eigenvalue weighted by Crippen LogP contribution is -2.48. The molecule has 3 aliphatic rings. The summed E-state index contributed by atoms with van der Waals surface area (Å²) in [7, 11) is 0. The van der Waals surface area contributed by atoms with Crippen LogP contribution in [0.25, 0.3) is 11.0 Å². The summed E-state index contributed by atoms with van der Waals surface area (Å²) in [5.41, 5.74) is 1.73. The van der Waals surface area contributed by atoms with E-state index >= 15 is 0 Å². The lowest BCUT2D eigenvalue weighted by molar-refractivity contribution is 0.0578. The first-order valence-corrected chi connectivity index (χ1v) is 7.74. The Hall–Kier alpha value is -1.13. The van der Waals surface area contributed by atoms with E-state index in [0.29, 0.717) is 17.8 Å². The number of halogens is 2. The summed E-state index contributed by atoms with van der Waals surface area (Å²) in [5, 5.41) is 0. The van der Waals surface area contributed by atoms with Gasteiger partial charge in [-0.1, -0.05) is 0 Å². The molecule has 4 heterocycles. The van der Waals surface area contributed by atoms with E-state index in [4.69, 9.17) is 11.6 Å². The number of aromatic nitrogens is 2. The minimum absolute atomic E-state index is 0.207. The van der Waals surface area contributed by atoms with Crippen molar-refractivity contribution < 1.29 is 4.39 Å². The van der Waals surface area contributed by atoms with Gasteiger partial charge in [0.2, 0.25) is 0 Å². The fourth-order valence-corrected chi connectivity index (χ4v) is 4.00. The number of fused-ring (bicyclic) bond motifs is 4. The van der Waals surface area contributed by atoms with E-state index in [9.17, 15) is 4.39 Å². The molecular formula is C15H17ClFN3. The Morgan fingerprint density at radius 2 is 2.10 bits per heavy atom. The van der Waals surface area contributed by atoms with Gasteiger partial charge >= 0.3 is 0 Å². The summed E-state index contributed by atoms with van der Waals surface area (Å²) in [6.45, 7) is 3.42. The Kier molecular flexibility index (Phi) is 2.97. The number of benzene rings is 1. The third-order valence-electron chi connectivity index (χ3n) is 4.80. The second-order valence-corrected chi connectivity index (χ2v) is 6.14. The fourth-order valence-electron chi connectivity index (χ4n) is 3.81. The fraction of sp³-hybridized carbons (Fsp3) is 0.533. The van der Waals surface area contributed by atoms with Crippen LogP contribution < -0.4 is 0 Å². The van der Waals surface area contributed by atoms with E-state index in [1.807, 2.05) is 0 Å². The van der Waals surface area contributed by atoms with E-state index in [0.717, 1.165) is 23.4 Å². The minimum Gasteiger partial charge on any atom is -0.322 e. The summed E-state index contributed by atoms with van der Waals surface area (Å²) in [6, 6.07) is 5.20. The highest BCUT2D eigenvalue weighted by Gasteiger charge is 2.36. The van der Waals surface area contributed by atoms with Crippen molar-refractivity contribution >= 4 is 22.6 Å².